The van der Waals surface area contributed by atoms with E-state index in [0.29, 0.717) is 13.2 Å². The Balaban J connectivity index is 2.63. The molecule has 1 aromatic carbocycles. The predicted molar refractivity (Wildman–Crippen MR) is 65.6 cm³/mol. The number of hydrogen-bond donors (Lipinski definition) is 0. The quantitative estimate of drug-likeness (QED) is 0.740. The number of ether oxygens (including phenoxy) is 2. The topological polar surface area (TPSA) is 18.5 Å². The molecule has 1 fully saturated rings. The minimum atomic E-state index is -0.395. The minimum Gasteiger partial charge on any atom is -0.496 e. The van der Waals surface area contributed by atoms with Crippen LogP contribution in [0.4, 0.5) is 0 Å². The highest BCUT2D eigenvalue weighted by Gasteiger charge is 2.42. The van der Waals surface area contributed by atoms with Crippen LogP contribution in [0.2, 0.25) is 0 Å². The maximum Gasteiger partial charge on any atom is 0.127 e. The van der Waals surface area contributed by atoms with Gasteiger partial charge in [-0.1, -0.05) is 6.07 Å². The van der Waals surface area contributed by atoms with E-state index in [9.17, 15) is 0 Å². The Morgan fingerprint density at radius 2 is 1.88 bits per heavy atom. The van der Waals surface area contributed by atoms with E-state index in [1.165, 1.54) is 11.1 Å². The van der Waals surface area contributed by atoms with E-state index >= 15 is 0 Å². The summed E-state index contributed by atoms with van der Waals surface area (Å²) in [4.78, 5) is -0.395. The van der Waals surface area contributed by atoms with Crippen molar-refractivity contribution < 1.29 is 9.47 Å². The Bertz CT molecular complexity index is 422. The van der Waals surface area contributed by atoms with Gasteiger partial charge in [-0.3, -0.25) is 0 Å². The fourth-order valence-corrected chi connectivity index (χ4v) is 2.68. The smallest absolute Gasteiger partial charge is 0.127 e. The molecule has 16 heavy (non-hydrogen) atoms. The lowest BCUT2D eigenvalue weighted by molar-refractivity contribution is -0.0164. The second-order valence-electron chi connectivity index (χ2n) is 4.50. The predicted octanol–water partition coefficient (Wildman–Crippen LogP) is 3.08. The summed E-state index contributed by atoms with van der Waals surface area (Å²) >= 11 is 6.54. The average molecular weight is 241 g/mol. The van der Waals surface area contributed by atoms with E-state index in [1.807, 2.05) is 0 Å². The molecular weight excluding hydrogens is 224 g/mol. The number of hydrogen-bond acceptors (Lipinski definition) is 2. The fraction of sp³-hybridized carbons (Fsp3) is 0.538. The second-order valence-corrected chi connectivity index (χ2v) is 5.23. The average Bonchev–Trinajstić information content (AvgIpc) is 2.19. The SMILES string of the molecule is COc1c(C)c(C)cc(C)c1C1(Cl)COC1. The van der Waals surface area contributed by atoms with Gasteiger partial charge in [0.2, 0.25) is 0 Å². The maximum absolute atomic E-state index is 6.54. The molecule has 0 spiro atoms. The summed E-state index contributed by atoms with van der Waals surface area (Å²) in [5.41, 5.74) is 4.66. The van der Waals surface area contributed by atoms with Crippen LogP contribution in [0.5, 0.6) is 5.75 Å². The normalized spacial score (nSPS) is 18.1. The monoisotopic (exact) mass is 240 g/mol. The molecule has 0 bridgehead atoms. The van der Waals surface area contributed by atoms with Crippen molar-refractivity contribution in [2.45, 2.75) is 25.6 Å². The third-order valence-corrected chi connectivity index (χ3v) is 3.71. The van der Waals surface area contributed by atoms with Crippen LogP contribution in [0.1, 0.15) is 22.3 Å². The molecular formula is C13H17ClO2. The van der Waals surface area contributed by atoms with Crippen LogP contribution >= 0.6 is 11.6 Å². The Morgan fingerprint density at radius 1 is 1.25 bits per heavy atom. The third kappa shape index (κ3) is 1.61. The van der Waals surface area contributed by atoms with Gasteiger partial charge in [0.1, 0.15) is 10.6 Å². The van der Waals surface area contributed by atoms with E-state index in [4.69, 9.17) is 21.1 Å². The Kier molecular flexibility index (Phi) is 2.89. The van der Waals surface area contributed by atoms with Crippen molar-refractivity contribution in [1.29, 1.82) is 0 Å². The summed E-state index contributed by atoms with van der Waals surface area (Å²) in [5, 5.41) is 0. The van der Waals surface area contributed by atoms with Crippen molar-refractivity contribution >= 4 is 11.6 Å². The first-order valence-electron chi connectivity index (χ1n) is 5.41. The molecule has 1 aliphatic rings. The van der Waals surface area contributed by atoms with E-state index in [-0.39, 0.29) is 0 Å². The van der Waals surface area contributed by atoms with E-state index in [0.717, 1.165) is 16.9 Å². The van der Waals surface area contributed by atoms with E-state index in [1.54, 1.807) is 7.11 Å². The fourth-order valence-electron chi connectivity index (χ4n) is 2.29. The first-order valence-corrected chi connectivity index (χ1v) is 5.79. The first-order chi connectivity index (χ1) is 7.49. The van der Waals surface area contributed by atoms with E-state index in [2.05, 4.69) is 26.8 Å². The molecule has 0 amide bonds. The highest BCUT2D eigenvalue weighted by molar-refractivity contribution is 6.25. The van der Waals surface area contributed by atoms with Crippen molar-refractivity contribution in [2.75, 3.05) is 20.3 Å². The van der Waals surface area contributed by atoms with Gasteiger partial charge in [-0.15, -0.1) is 11.6 Å². The molecule has 0 saturated carbocycles. The van der Waals surface area contributed by atoms with Crippen molar-refractivity contribution in [3.63, 3.8) is 0 Å². The van der Waals surface area contributed by atoms with Gasteiger partial charge in [-0.25, -0.2) is 0 Å². The highest BCUT2D eigenvalue weighted by atomic mass is 35.5. The van der Waals surface area contributed by atoms with Crippen molar-refractivity contribution in [3.8, 4) is 5.75 Å². The van der Waals surface area contributed by atoms with Gasteiger partial charge in [-0.05, 0) is 37.5 Å². The van der Waals surface area contributed by atoms with Crippen molar-refractivity contribution in [1.82, 2.24) is 0 Å². The summed E-state index contributed by atoms with van der Waals surface area (Å²) in [6, 6.07) is 2.16. The summed E-state index contributed by atoms with van der Waals surface area (Å²) in [6.45, 7) is 7.36. The van der Waals surface area contributed by atoms with Crippen LogP contribution in [-0.4, -0.2) is 20.3 Å². The number of rotatable bonds is 2. The molecule has 0 unspecified atom stereocenters. The molecule has 1 saturated heterocycles. The minimum absolute atomic E-state index is 0.395. The Hall–Kier alpha value is -0.730. The van der Waals surface area contributed by atoms with Gasteiger partial charge in [0.05, 0.1) is 20.3 Å². The van der Waals surface area contributed by atoms with Gasteiger partial charge >= 0.3 is 0 Å². The van der Waals surface area contributed by atoms with Gasteiger partial charge in [-0.2, -0.15) is 0 Å². The molecule has 1 aliphatic heterocycles. The molecule has 1 heterocycles. The standard InChI is InChI=1S/C13H17ClO2/c1-8-5-9(2)11(12(15-4)10(8)3)13(14)6-16-7-13/h5H,6-7H2,1-4H3. The zero-order chi connectivity index (χ0) is 11.9. The second kappa shape index (κ2) is 3.94. The van der Waals surface area contributed by atoms with Crippen molar-refractivity contribution in [2.24, 2.45) is 0 Å². The van der Waals surface area contributed by atoms with Crippen LogP contribution in [0.15, 0.2) is 6.07 Å². The number of aryl methyl sites for hydroxylation is 2. The molecule has 0 radical (unpaired) electrons. The molecule has 3 heteroatoms. The zero-order valence-electron chi connectivity index (χ0n) is 10.2. The van der Waals surface area contributed by atoms with Crippen molar-refractivity contribution in [3.05, 3.63) is 28.3 Å². The highest BCUT2D eigenvalue weighted by Crippen LogP contribution is 2.45. The lowest BCUT2D eigenvalue weighted by atomic mass is 9.88. The number of benzene rings is 1. The summed E-state index contributed by atoms with van der Waals surface area (Å²) in [5.74, 6) is 0.913. The number of halogens is 1. The summed E-state index contributed by atoms with van der Waals surface area (Å²) in [6.07, 6.45) is 0. The molecule has 88 valence electrons. The number of alkyl halides is 1. The van der Waals surface area contributed by atoms with Gasteiger partial charge in [0.25, 0.3) is 0 Å². The lowest BCUT2D eigenvalue weighted by Crippen LogP contribution is -2.42. The van der Waals surface area contributed by atoms with Crippen LogP contribution in [-0.2, 0) is 9.61 Å². The van der Waals surface area contributed by atoms with Crippen LogP contribution in [0.25, 0.3) is 0 Å². The largest absolute Gasteiger partial charge is 0.496 e. The summed E-state index contributed by atoms with van der Waals surface area (Å²) in [7, 11) is 1.70. The van der Waals surface area contributed by atoms with E-state index < -0.39 is 4.87 Å². The van der Waals surface area contributed by atoms with Gasteiger partial charge < -0.3 is 9.47 Å². The lowest BCUT2D eigenvalue weighted by Gasteiger charge is -2.38. The zero-order valence-corrected chi connectivity index (χ0v) is 10.9. The molecule has 0 aliphatic carbocycles. The molecule has 0 atom stereocenters. The number of methoxy groups -OCH3 is 1. The Morgan fingerprint density at radius 3 is 2.31 bits per heavy atom. The molecule has 2 nitrogen and oxygen atoms in total. The Labute approximate surface area is 102 Å². The van der Waals surface area contributed by atoms with Gasteiger partial charge in [0.15, 0.2) is 0 Å². The van der Waals surface area contributed by atoms with Crippen LogP contribution in [0, 0.1) is 20.8 Å². The summed E-state index contributed by atoms with van der Waals surface area (Å²) < 4.78 is 10.7. The molecule has 0 N–H and O–H groups in total. The molecule has 0 aromatic heterocycles. The third-order valence-electron chi connectivity index (χ3n) is 3.30. The maximum atomic E-state index is 6.54. The van der Waals surface area contributed by atoms with Crippen LogP contribution in [0.3, 0.4) is 0 Å². The van der Waals surface area contributed by atoms with Crippen LogP contribution < -0.4 is 4.74 Å². The molecule has 2 rings (SSSR count). The first kappa shape index (κ1) is 11.7. The molecule has 1 aromatic rings. The van der Waals surface area contributed by atoms with Gasteiger partial charge in [0, 0.05) is 5.56 Å².